The lowest BCUT2D eigenvalue weighted by Crippen LogP contribution is -2.26. The number of hydrogen-bond acceptors (Lipinski definition) is 3. The van der Waals surface area contributed by atoms with E-state index in [1.807, 2.05) is 0 Å². The number of amides is 2. The summed E-state index contributed by atoms with van der Waals surface area (Å²) in [4.78, 5) is 25.6. The molecule has 1 unspecified atom stereocenters. The average Bonchev–Trinajstić information content (AvgIpc) is 2.85. The molecular weight excluding hydrogens is 296 g/mol. The number of thiophene rings is 1. The first-order valence-corrected chi connectivity index (χ1v) is 9.13. The Morgan fingerprint density at radius 3 is 2.59 bits per heavy atom. The van der Waals surface area contributed by atoms with Gasteiger partial charge in [0.2, 0.25) is 5.91 Å². The molecule has 0 bridgehead atoms. The average molecular weight is 320 g/mol. The minimum absolute atomic E-state index is 0.0637. The van der Waals surface area contributed by atoms with Crippen molar-refractivity contribution in [2.45, 2.75) is 58.3 Å². The van der Waals surface area contributed by atoms with Crippen LogP contribution in [0, 0.1) is 11.8 Å². The highest BCUT2D eigenvalue weighted by molar-refractivity contribution is 7.17. The van der Waals surface area contributed by atoms with Gasteiger partial charge in [-0.3, -0.25) is 9.59 Å². The molecule has 1 saturated carbocycles. The molecule has 0 aromatic carbocycles. The Labute approximate surface area is 135 Å². The molecule has 1 aromatic heterocycles. The molecule has 22 heavy (non-hydrogen) atoms. The molecule has 0 spiro atoms. The fraction of sp³-hybridized carbons (Fsp3) is 0.647. The van der Waals surface area contributed by atoms with Crippen molar-refractivity contribution in [1.82, 2.24) is 0 Å². The van der Waals surface area contributed by atoms with Crippen molar-refractivity contribution in [2.75, 3.05) is 5.32 Å². The summed E-state index contributed by atoms with van der Waals surface area (Å²) in [5.41, 5.74) is 7.23. The van der Waals surface area contributed by atoms with E-state index < -0.39 is 5.91 Å². The normalized spacial score (nSPS) is 22.1. The van der Waals surface area contributed by atoms with Gasteiger partial charge in [-0.15, -0.1) is 11.3 Å². The highest BCUT2D eigenvalue weighted by Gasteiger charge is 2.29. The molecule has 3 N–H and O–H groups in total. The molecule has 0 saturated heterocycles. The quantitative estimate of drug-likeness (QED) is 0.895. The van der Waals surface area contributed by atoms with E-state index in [0.29, 0.717) is 16.5 Å². The lowest BCUT2D eigenvalue weighted by atomic mass is 9.88. The van der Waals surface area contributed by atoms with Crippen LogP contribution >= 0.6 is 11.3 Å². The van der Waals surface area contributed by atoms with E-state index in [-0.39, 0.29) is 11.8 Å². The number of carbonyl (C=O) groups is 2. The van der Waals surface area contributed by atoms with Gasteiger partial charge in [-0.1, -0.05) is 26.2 Å². The Morgan fingerprint density at radius 2 is 1.91 bits per heavy atom. The third-order valence-corrected chi connectivity index (χ3v) is 6.14. The number of anilines is 1. The highest BCUT2D eigenvalue weighted by Crippen LogP contribution is 2.40. The maximum Gasteiger partial charge on any atom is 0.251 e. The van der Waals surface area contributed by atoms with Crippen LogP contribution in [0.5, 0.6) is 0 Å². The van der Waals surface area contributed by atoms with E-state index in [2.05, 4.69) is 12.2 Å². The molecule has 4 nitrogen and oxygen atoms in total. The Bertz CT molecular complexity index is 588. The lowest BCUT2D eigenvalue weighted by Gasteiger charge is -2.20. The van der Waals surface area contributed by atoms with Gasteiger partial charge < -0.3 is 11.1 Å². The Balaban J connectivity index is 1.83. The molecule has 0 aliphatic heterocycles. The number of fused-ring (bicyclic) bond motifs is 1. The standard InChI is InChI=1S/C17H24N2O2S/c1-10-7-8-12-13(9-10)22-17(14(12)15(18)20)19-16(21)11-5-3-2-4-6-11/h10-11H,2-9H2,1H3,(H2,18,20)(H,19,21). The molecule has 1 atom stereocenters. The third kappa shape index (κ3) is 3.05. The summed E-state index contributed by atoms with van der Waals surface area (Å²) in [5, 5.41) is 3.69. The first kappa shape index (κ1) is 15.5. The molecule has 2 aliphatic rings. The third-order valence-electron chi connectivity index (χ3n) is 4.97. The molecule has 3 rings (SSSR count). The van der Waals surface area contributed by atoms with E-state index in [1.165, 1.54) is 11.3 Å². The molecule has 1 fully saturated rings. The summed E-state index contributed by atoms with van der Waals surface area (Å²) in [7, 11) is 0. The summed E-state index contributed by atoms with van der Waals surface area (Å²) < 4.78 is 0. The summed E-state index contributed by atoms with van der Waals surface area (Å²) in [6, 6.07) is 0. The van der Waals surface area contributed by atoms with E-state index in [1.54, 1.807) is 11.3 Å². The molecule has 120 valence electrons. The maximum absolute atomic E-state index is 12.5. The maximum atomic E-state index is 12.5. The van der Waals surface area contributed by atoms with Gasteiger partial charge in [0.25, 0.3) is 5.91 Å². The number of nitrogens with two attached hydrogens (primary N) is 1. The zero-order valence-electron chi connectivity index (χ0n) is 13.1. The highest BCUT2D eigenvalue weighted by atomic mass is 32.1. The second kappa shape index (κ2) is 6.41. The van der Waals surface area contributed by atoms with Crippen LogP contribution in [-0.2, 0) is 17.6 Å². The van der Waals surface area contributed by atoms with Crippen molar-refractivity contribution in [1.29, 1.82) is 0 Å². The zero-order valence-corrected chi connectivity index (χ0v) is 13.9. The van der Waals surface area contributed by atoms with Gasteiger partial charge in [0.15, 0.2) is 0 Å². The van der Waals surface area contributed by atoms with Crippen molar-refractivity contribution in [3.05, 3.63) is 16.0 Å². The van der Waals surface area contributed by atoms with Gasteiger partial charge in [0.1, 0.15) is 5.00 Å². The van der Waals surface area contributed by atoms with Gasteiger partial charge in [-0.2, -0.15) is 0 Å². The lowest BCUT2D eigenvalue weighted by molar-refractivity contribution is -0.120. The molecule has 5 heteroatoms. The van der Waals surface area contributed by atoms with Crippen molar-refractivity contribution in [2.24, 2.45) is 17.6 Å². The van der Waals surface area contributed by atoms with Gasteiger partial charge in [-0.05, 0) is 43.6 Å². The predicted octanol–water partition coefficient (Wildman–Crippen LogP) is 3.49. The van der Waals surface area contributed by atoms with Crippen molar-refractivity contribution < 1.29 is 9.59 Å². The summed E-state index contributed by atoms with van der Waals surface area (Å²) >= 11 is 1.55. The van der Waals surface area contributed by atoms with Crippen LogP contribution in [0.25, 0.3) is 0 Å². The number of hydrogen-bond donors (Lipinski definition) is 2. The van der Waals surface area contributed by atoms with Gasteiger partial charge in [0.05, 0.1) is 5.56 Å². The Kier molecular flexibility index (Phi) is 4.52. The minimum atomic E-state index is -0.411. The monoisotopic (exact) mass is 320 g/mol. The molecular formula is C17H24N2O2S. The first-order chi connectivity index (χ1) is 10.6. The number of primary amides is 1. The topological polar surface area (TPSA) is 72.2 Å². The molecule has 1 heterocycles. The molecule has 2 amide bonds. The SMILES string of the molecule is CC1CCc2c(sc(NC(=O)C3CCCCC3)c2C(N)=O)C1. The van der Waals surface area contributed by atoms with Crippen LogP contribution in [0.4, 0.5) is 5.00 Å². The number of carbonyl (C=O) groups excluding carboxylic acids is 2. The van der Waals surface area contributed by atoms with Crippen LogP contribution in [0.3, 0.4) is 0 Å². The number of rotatable bonds is 3. The summed E-state index contributed by atoms with van der Waals surface area (Å²) in [5.74, 6) is 0.376. The second-order valence-corrected chi connectivity index (χ2v) is 7.85. The summed E-state index contributed by atoms with van der Waals surface area (Å²) in [6.45, 7) is 2.23. The molecule has 0 radical (unpaired) electrons. The van der Waals surface area contributed by atoms with Crippen LogP contribution < -0.4 is 11.1 Å². The number of nitrogens with one attached hydrogen (secondary N) is 1. The van der Waals surface area contributed by atoms with Crippen molar-refractivity contribution >= 4 is 28.2 Å². The molecule has 1 aromatic rings. The van der Waals surface area contributed by atoms with E-state index in [9.17, 15) is 9.59 Å². The molecule has 2 aliphatic carbocycles. The van der Waals surface area contributed by atoms with Gasteiger partial charge in [-0.25, -0.2) is 0 Å². The van der Waals surface area contributed by atoms with Crippen LogP contribution in [0.15, 0.2) is 0 Å². The fourth-order valence-electron chi connectivity index (χ4n) is 3.68. The van der Waals surface area contributed by atoms with Crippen molar-refractivity contribution in [3.63, 3.8) is 0 Å². The van der Waals surface area contributed by atoms with Gasteiger partial charge in [0, 0.05) is 10.8 Å². The smallest absolute Gasteiger partial charge is 0.251 e. The van der Waals surface area contributed by atoms with E-state index >= 15 is 0 Å². The second-order valence-electron chi connectivity index (χ2n) is 6.74. The summed E-state index contributed by atoms with van der Waals surface area (Å²) in [6.07, 6.45) is 8.35. The van der Waals surface area contributed by atoms with Crippen LogP contribution in [-0.4, -0.2) is 11.8 Å². The van der Waals surface area contributed by atoms with Crippen molar-refractivity contribution in [3.8, 4) is 0 Å². The largest absolute Gasteiger partial charge is 0.365 e. The van der Waals surface area contributed by atoms with Crippen LogP contribution in [0.2, 0.25) is 0 Å². The fourth-order valence-corrected chi connectivity index (χ4v) is 5.10. The Hall–Kier alpha value is -1.36. The van der Waals surface area contributed by atoms with E-state index in [4.69, 9.17) is 5.73 Å². The Morgan fingerprint density at radius 1 is 1.18 bits per heavy atom. The zero-order chi connectivity index (χ0) is 15.7. The minimum Gasteiger partial charge on any atom is -0.365 e. The predicted molar refractivity (Wildman–Crippen MR) is 89.2 cm³/mol. The van der Waals surface area contributed by atoms with Gasteiger partial charge >= 0.3 is 0 Å². The van der Waals surface area contributed by atoms with Crippen LogP contribution in [0.1, 0.15) is 66.2 Å². The first-order valence-electron chi connectivity index (χ1n) is 8.31. The van der Waals surface area contributed by atoms with E-state index in [0.717, 1.165) is 50.5 Å².